The fraction of sp³-hybridized carbons (Fsp3) is 0.174. The molecule has 3 nitrogen and oxygen atoms in total. The Morgan fingerprint density at radius 1 is 1.07 bits per heavy atom. The average Bonchev–Trinajstić information content (AvgIpc) is 3.13. The normalized spacial score (nSPS) is 11.1. The molecule has 0 amide bonds. The van der Waals surface area contributed by atoms with Crippen molar-refractivity contribution in [2.75, 3.05) is 7.11 Å². The van der Waals surface area contributed by atoms with Crippen LogP contribution in [-0.2, 0) is 11.9 Å². The van der Waals surface area contributed by atoms with Crippen molar-refractivity contribution in [3.8, 4) is 16.2 Å². The van der Waals surface area contributed by atoms with Crippen molar-refractivity contribution >= 4 is 37.5 Å². The number of aryl methyl sites for hydroxylation is 1. The highest BCUT2D eigenvalue weighted by Crippen LogP contribution is 2.39. The van der Waals surface area contributed by atoms with E-state index in [1.807, 2.05) is 43.5 Å². The van der Waals surface area contributed by atoms with Gasteiger partial charge >= 0.3 is 0 Å². The lowest BCUT2D eigenvalue weighted by molar-refractivity contribution is 0.415. The summed E-state index contributed by atoms with van der Waals surface area (Å²) < 4.78 is 7.48. The number of halogens is 1. The zero-order chi connectivity index (χ0) is 19.7. The number of methoxy groups -OCH3 is 1. The van der Waals surface area contributed by atoms with Crippen molar-refractivity contribution in [3.05, 3.63) is 87.7 Å². The third-order valence-corrected chi connectivity index (χ3v) is 6.74. The number of rotatable bonds is 5. The van der Waals surface area contributed by atoms with Gasteiger partial charge in [0.1, 0.15) is 10.6 Å². The summed E-state index contributed by atoms with van der Waals surface area (Å²) in [6.07, 6.45) is 1.98. The molecule has 2 heterocycles. The first kappa shape index (κ1) is 19.0. The Hall–Kier alpha value is -2.37. The van der Waals surface area contributed by atoms with E-state index in [0.717, 1.165) is 44.1 Å². The summed E-state index contributed by atoms with van der Waals surface area (Å²) in [6.45, 7) is 2.63. The molecule has 0 spiro atoms. The number of aromatic nitrogens is 1. The maximum absolute atomic E-state index is 13.0. The number of hydrogen-bond donors (Lipinski definition) is 0. The van der Waals surface area contributed by atoms with Gasteiger partial charge in [0, 0.05) is 28.5 Å². The van der Waals surface area contributed by atoms with Crippen LogP contribution in [0, 0.1) is 6.92 Å². The molecule has 2 aromatic carbocycles. The summed E-state index contributed by atoms with van der Waals surface area (Å²) in [5.74, 6) is 0.824. The number of nitrogens with zero attached hydrogens (tertiary/aromatic N) is 1. The predicted molar refractivity (Wildman–Crippen MR) is 121 cm³/mol. The van der Waals surface area contributed by atoms with Crippen molar-refractivity contribution in [2.24, 2.45) is 0 Å². The molecule has 0 saturated heterocycles. The van der Waals surface area contributed by atoms with Crippen LogP contribution in [0.1, 0.15) is 16.7 Å². The average molecular weight is 454 g/mol. The molecule has 0 aliphatic rings. The van der Waals surface area contributed by atoms with Crippen LogP contribution in [0.5, 0.6) is 5.75 Å². The van der Waals surface area contributed by atoms with Crippen LogP contribution in [0.3, 0.4) is 0 Å². The largest absolute Gasteiger partial charge is 0.497 e. The summed E-state index contributed by atoms with van der Waals surface area (Å²) >= 11 is 5.29. The number of hydrogen-bond acceptors (Lipinski definition) is 3. The fourth-order valence-corrected chi connectivity index (χ4v) is 5.48. The van der Waals surface area contributed by atoms with Crippen LogP contribution in [0.4, 0.5) is 0 Å². The summed E-state index contributed by atoms with van der Waals surface area (Å²) in [7, 11) is 1.66. The highest BCUT2D eigenvalue weighted by molar-refractivity contribution is 9.08. The molecule has 0 bridgehead atoms. The molecule has 0 radical (unpaired) electrons. The third-order valence-electron chi connectivity index (χ3n) is 4.87. The van der Waals surface area contributed by atoms with E-state index in [1.165, 1.54) is 5.56 Å². The first-order valence-electron chi connectivity index (χ1n) is 9.02. The topological polar surface area (TPSA) is 31.2 Å². The van der Waals surface area contributed by atoms with Crippen LogP contribution in [0.25, 0.3) is 20.7 Å². The first-order valence-corrected chi connectivity index (χ1v) is 11.0. The lowest BCUT2D eigenvalue weighted by Gasteiger charge is -2.10. The van der Waals surface area contributed by atoms with E-state index < -0.39 is 0 Å². The number of alkyl halides is 1. The second-order valence-corrected chi connectivity index (χ2v) is 8.27. The molecule has 0 unspecified atom stereocenters. The minimum Gasteiger partial charge on any atom is -0.497 e. The minimum atomic E-state index is 0.116. The van der Waals surface area contributed by atoms with Gasteiger partial charge in [0.05, 0.1) is 12.5 Å². The van der Waals surface area contributed by atoms with E-state index in [4.69, 9.17) is 4.74 Å². The number of benzene rings is 2. The molecular formula is C23H20BrNO2S. The molecule has 0 N–H and O–H groups in total. The third kappa shape index (κ3) is 3.40. The van der Waals surface area contributed by atoms with Crippen molar-refractivity contribution in [1.29, 1.82) is 0 Å². The van der Waals surface area contributed by atoms with Gasteiger partial charge in [0.15, 0.2) is 5.43 Å². The summed E-state index contributed by atoms with van der Waals surface area (Å²) in [4.78, 5) is 15.1. The molecule has 0 fully saturated rings. The number of fused-ring (bicyclic) bond motifs is 1. The van der Waals surface area contributed by atoms with Crippen molar-refractivity contribution in [1.82, 2.24) is 4.57 Å². The molecule has 0 atom stereocenters. The van der Waals surface area contributed by atoms with E-state index in [0.29, 0.717) is 5.33 Å². The lowest BCUT2D eigenvalue weighted by atomic mass is 10.1. The van der Waals surface area contributed by atoms with Gasteiger partial charge in [0.2, 0.25) is 0 Å². The molecule has 4 aromatic rings. The molecule has 0 saturated carbocycles. The first-order chi connectivity index (χ1) is 13.6. The summed E-state index contributed by atoms with van der Waals surface area (Å²) in [5.41, 5.74) is 4.25. The Morgan fingerprint density at radius 3 is 2.43 bits per heavy atom. The monoisotopic (exact) mass is 453 g/mol. The van der Waals surface area contributed by atoms with Gasteiger partial charge < -0.3 is 9.30 Å². The van der Waals surface area contributed by atoms with E-state index >= 15 is 0 Å². The summed E-state index contributed by atoms with van der Waals surface area (Å²) in [5, 5.41) is 1.46. The Labute approximate surface area is 176 Å². The van der Waals surface area contributed by atoms with E-state index in [2.05, 4.69) is 44.8 Å². The zero-order valence-corrected chi connectivity index (χ0v) is 18.1. The maximum atomic E-state index is 13.0. The van der Waals surface area contributed by atoms with E-state index in [9.17, 15) is 4.79 Å². The number of pyridine rings is 1. The van der Waals surface area contributed by atoms with Gasteiger partial charge in [-0.2, -0.15) is 0 Å². The quantitative estimate of drug-likeness (QED) is 0.347. The number of thiophene rings is 1. The van der Waals surface area contributed by atoms with Crippen LogP contribution >= 0.6 is 27.3 Å². The molecule has 142 valence electrons. The standard InChI is InChI=1S/C23H20BrNO2S/c1-15-13-25(14-16-6-4-3-5-7-16)23-20(21(15)26)19(12-24)22(28-23)17-8-10-18(27-2)11-9-17/h3-11,13H,12,14H2,1-2H3. The highest BCUT2D eigenvalue weighted by atomic mass is 79.9. The van der Waals surface area contributed by atoms with Gasteiger partial charge in [-0.3, -0.25) is 4.79 Å². The van der Waals surface area contributed by atoms with Crippen molar-refractivity contribution in [2.45, 2.75) is 18.8 Å². The van der Waals surface area contributed by atoms with E-state index in [-0.39, 0.29) is 5.43 Å². The van der Waals surface area contributed by atoms with Crippen LogP contribution in [-0.4, -0.2) is 11.7 Å². The molecule has 2 aromatic heterocycles. The summed E-state index contributed by atoms with van der Waals surface area (Å²) in [6, 6.07) is 18.4. The second-order valence-electron chi connectivity index (χ2n) is 6.71. The smallest absolute Gasteiger partial charge is 0.193 e. The van der Waals surface area contributed by atoms with Gasteiger partial charge in [-0.25, -0.2) is 0 Å². The number of ether oxygens (including phenoxy) is 1. The Bertz CT molecular complexity index is 1180. The van der Waals surface area contributed by atoms with Crippen LogP contribution in [0.2, 0.25) is 0 Å². The second kappa shape index (κ2) is 7.94. The molecule has 28 heavy (non-hydrogen) atoms. The Balaban J connectivity index is 1.94. The Morgan fingerprint density at radius 2 is 1.79 bits per heavy atom. The molecule has 0 aliphatic carbocycles. The van der Waals surface area contributed by atoms with Gasteiger partial charge in [-0.1, -0.05) is 46.3 Å². The fourth-order valence-electron chi connectivity index (χ4n) is 3.44. The van der Waals surface area contributed by atoms with Crippen LogP contribution < -0.4 is 10.2 Å². The molecular weight excluding hydrogens is 434 g/mol. The van der Waals surface area contributed by atoms with Crippen molar-refractivity contribution in [3.63, 3.8) is 0 Å². The predicted octanol–water partition coefficient (Wildman–Crippen LogP) is 5.99. The molecule has 4 rings (SSSR count). The van der Waals surface area contributed by atoms with Gasteiger partial charge in [-0.05, 0) is 47.9 Å². The lowest BCUT2D eigenvalue weighted by Crippen LogP contribution is -2.12. The van der Waals surface area contributed by atoms with Gasteiger partial charge in [-0.15, -0.1) is 11.3 Å². The minimum absolute atomic E-state index is 0.116. The highest BCUT2D eigenvalue weighted by Gasteiger charge is 2.19. The Kier molecular flexibility index (Phi) is 5.38. The SMILES string of the molecule is COc1ccc(-c2sc3c(c2CBr)c(=O)c(C)cn3Cc2ccccc2)cc1. The van der Waals surface area contributed by atoms with E-state index in [1.54, 1.807) is 18.4 Å². The van der Waals surface area contributed by atoms with Crippen molar-refractivity contribution < 1.29 is 4.74 Å². The molecule has 5 heteroatoms. The van der Waals surface area contributed by atoms with Crippen LogP contribution in [0.15, 0.2) is 65.6 Å². The van der Waals surface area contributed by atoms with Gasteiger partial charge in [0.25, 0.3) is 0 Å². The molecule has 0 aliphatic heterocycles. The maximum Gasteiger partial charge on any atom is 0.193 e. The zero-order valence-electron chi connectivity index (χ0n) is 15.7.